The summed E-state index contributed by atoms with van der Waals surface area (Å²) >= 11 is 0. The first kappa shape index (κ1) is 19.4. The second-order valence-corrected chi connectivity index (χ2v) is 6.86. The van der Waals surface area contributed by atoms with E-state index in [0.717, 1.165) is 5.56 Å². The van der Waals surface area contributed by atoms with Crippen LogP contribution >= 0.6 is 12.4 Å². The Bertz CT molecular complexity index is 733. The molecule has 0 fully saturated rings. The van der Waals surface area contributed by atoms with Crippen molar-refractivity contribution >= 4 is 22.4 Å². The lowest BCUT2D eigenvalue weighted by Gasteiger charge is -2.12. The second-order valence-electron chi connectivity index (χ2n) is 5.15. The van der Waals surface area contributed by atoms with Gasteiger partial charge in [0.25, 0.3) is 0 Å². The number of hydrogen-bond donors (Lipinski definition) is 2. The second kappa shape index (κ2) is 8.31. The number of benzene rings is 2. The molecule has 0 aliphatic heterocycles. The molecule has 0 bridgehead atoms. The molecule has 0 aliphatic rings. The van der Waals surface area contributed by atoms with Gasteiger partial charge in [-0.3, -0.25) is 0 Å². The largest absolute Gasteiger partial charge is 0.457 e. The van der Waals surface area contributed by atoms with Crippen LogP contribution in [0.15, 0.2) is 53.4 Å². The van der Waals surface area contributed by atoms with Crippen LogP contribution < -0.4 is 15.2 Å². The summed E-state index contributed by atoms with van der Waals surface area (Å²) < 4.78 is 32.4. The van der Waals surface area contributed by atoms with E-state index in [4.69, 9.17) is 10.5 Å². The van der Waals surface area contributed by atoms with Gasteiger partial charge in [0.2, 0.25) is 10.0 Å². The van der Waals surface area contributed by atoms with Gasteiger partial charge in [0.05, 0.1) is 4.90 Å². The average molecular weight is 357 g/mol. The molecule has 0 saturated carbocycles. The highest BCUT2D eigenvalue weighted by Crippen LogP contribution is 2.23. The van der Waals surface area contributed by atoms with Crippen LogP contribution in [0.4, 0.5) is 0 Å². The molecule has 0 radical (unpaired) electrons. The Morgan fingerprint density at radius 3 is 2.35 bits per heavy atom. The molecule has 0 saturated heterocycles. The lowest BCUT2D eigenvalue weighted by atomic mass is 10.2. The Labute approximate surface area is 143 Å². The van der Waals surface area contributed by atoms with E-state index in [0.29, 0.717) is 11.5 Å². The van der Waals surface area contributed by atoms with Crippen molar-refractivity contribution in [2.45, 2.75) is 24.8 Å². The lowest BCUT2D eigenvalue weighted by molar-refractivity contribution is 0.481. The van der Waals surface area contributed by atoms with E-state index in [2.05, 4.69) is 4.72 Å². The summed E-state index contributed by atoms with van der Waals surface area (Å²) in [6.07, 6.45) is 0. The molecule has 126 valence electrons. The lowest BCUT2D eigenvalue weighted by Crippen LogP contribution is -2.37. The number of hydrogen-bond acceptors (Lipinski definition) is 4. The predicted octanol–water partition coefficient (Wildman–Crippen LogP) is 2.83. The van der Waals surface area contributed by atoms with E-state index in [9.17, 15) is 8.42 Å². The molecule has 23 heavy (non-hydrogen) atoms. The fourth-order valence-corrected chi connectivity index (χ4v) is 3.14. The normalized spacial score (nSPS) is 12.3. The third-order valence-electron chi connectivity index (χ3n) is 3.07. The molecule has 0 aliphatic carbocycles. The van der Waals surface area contributed by atoms with Crippen molar-refractivity contribution in [1.82, 2.24) is 4.72 Å². The fraction of sp³-hybridized carbons (Fsp3) is 0.250. The van der Waals surface area contributed by atoms with Gasteiger partial charge in [-0.2, -0.15) is 0 Å². The summed E-state index contributed by atoms with van der Waals surface area (Å²) in [5.41, 5.74) is 6.53. The quantitative estimate of drug-likeness (QED) is 0.833. The summed E-state index contributed by atoms with van der Waals surface area (Å²) in [7, 11) is -3.55. The molecule has 2 aromatic rings. The third-order valence-corrected chi connectivity index (χ3v) is 4.67. The van der Waals surface area contributed by atoms with Crippen LogP contribution in [0.5, 0.6) is 11.5 Å². The highest BCUT2D eigenvalue weighted by atomic mass is 35.5. The van der Waals surface area contributed by atoms with Crippen molar-refractivity contribution in [2.75, 3.05) is 6.54 Å². The van der Waals surface area contributed by atoms with Crippen molar-refractivity contribution < 1.29 is 13.2 Å². The Morgan fingerprint density at radius 1 is 1.13 bits per heavy atom. The van der Waals surface area contributed by atoms with Gasteiger partial charge in [0.1, 0.15) is 11.5 Å². The first-order valence-corrected chi connectivity index (χ1v) is 8.46. The molecule has 0 aromatic heterocycles. The summed E-state index contributed by atoms with van der Waals surface area (Å²) in [5.74, 6) is 1.29. The highest BCUT2D eigenvalue weighted by molar-refractivity contribution is 7.89. The number of sulfonamides is 1. The minimum Gasteiger partial charge on any atom is -0.457 e. The van der Waals surface area contributed by atoms with Gasteiger partial charge in [-0.15, -0.1) is 12.4 Å². The summed E-state index contributed by atoms with van der Waals surface area (Å²) in [4.78, 5) is 0.185. The minimum atomic E-state index is -3.55. The van der Waals surface area contributed by atoms with Crippen LogP contribution in [0.1, 0.15) is 12.5 Å². The van der Waals surface area contributed by atoms with E-state index in [-0.39, 0.29) is 29.9 Å². The van der Waals surface area contributed by atoms with E-state index in [1.54, 1.807) is 19.1 Å². The molecule has 1 atom stereocenters. The van der Waals surface area contributed by atoms with Gasteiger partial charge in [-0.1, -0.05) is 12.1 Å². The molecule has 0 amide bonds. The number of halogens is 1. The topological polar surface area (TPSA) is 81.4 Å². The summed E-state index contributed by atoms with van der Waals surface area (Å²) in [5, 5.41) is 0. The Morgan fingerprint density at radius 2 is 1.78 bits per heavy atom. The van der Waals surface area contributed by atoms with E-state index in [1.807, 2.05) is 31.2 Å². The zero-order valence-corrected chi connectivity index (χ0v) is 14.7. The van der Waals surface area contributed by atoms with Gasteiger partial charge in [-0.25, -0.2) is 13.1 Å². The van der Waals surface area contributed by atoms with Gasteiger partial charge in [-0.05, 0) is 55.8 Å². The van der Waals surface area contributed by atoms with Crippen molar-refractivity contribution in [1.29, 1.82) is 0 Å². The standard InChI is InChI=1S/C16H20N2O3S.ClH/c1-12-4-3-5-15(10-12)21-14-6-8-16(9-7-14)22(19,20)18-13(2)11-17;/h3-10,13,18H,11,17H2,1-2H3;1H/t13-;/m0./s1. The Balaban J connectivity index is 0.00000264. The molecular formula is C16H21ClN2O3S. The summed E-state index contributed by atoms with van der Waals surface area (Å²) in [6, 6.07) is 13.6. The number of ether oxygens (including phenoxy) is 1. The van der Waals surface area contributed by atoms with Gasteiger partial charge >= 0.3 is 0 Å². The van der Waals surface area contributed by atoms with E-state index in [1.165, 1.54) is 12.1 Å². The van der Waals surface area contributed by atoms with Crippen LogP contribution in [0.3, 0.4) is 0 Å². The first-order valence-electron chi connectivity index (χ1n) is 6.98. The van der Waals surface area contributed by atoms with E-state index < -0.39 is 10.0 Å². The highest BCUT2D eigenvalue weighted by Gasteiger charge is 2.16. The number of aryl methyl sites for hydroxylation is 1. The fourth-order valence-electron chi connectivity index (χ4n) is 1.88. The number of rotatable bonds is 6. The number of nitrogens with two attached hydrogens (primary N) is 1. The van der Waals surface area contributed by atoms with Gasteiger partial charge < -0.3 is 10.5 Å². The molecular weight excluding hydrogens is 336 g/mol. The van der Waals surface area contributed by atoms with Gasteiger partial charge in [0.15, 0.2) is 0 Å². The maximum Gasteiger partial charge on any atom is 0.240 e. The van der Waals surface area contributed by atoms with Crippen LogP contribution in [-0.4, -0.2) is 21.0 Å². The van der Waals surface area contributed by atoms with Crippen LogP contribution in [-0.2, 0) is 10.0 Å². The maximum atomic E-state index is 12.1. The molecule has 3 N–H and O–H groups in total. The van der Waals surface area contributed by atoms with Crippen LogP contribution in [0.25, 0.3) is 0 Å². The summed E-state index contributed by atoms with van der Waals surface area (Å²) in [6.45, 7) is 3.94. The van der Waals surface area contributed by atoms with Crippen molar-refractivity contribution in [3.63, 3.8) is 0 Å². The Kier molecular flexibility index (Phi) is 7.02. The predicted molar refractivity (Wildman–Crippen MR) is 93.8 cm³/mol. The third kappa shape index (κ3) is 5.51. The SMILES string of the molecule is Cc1cccc(Oc2ccc(S(=O)(=O)N[C@@H](C)CN)cc2)c1.Cl. The zero-order valence-electron chi connectivity index (χ0n) is 13.0. The molecule has 5 nitrogen and oxygen atoms in total. The Hall–Kier alpha value is -1.60. The molecule has 2 aromatic carbocycles. The first-order chi connectivity index (χ1) is 10.4. The monoisotopic (exact) mass is 356 g/mol. The molecule has 7 heteroatoms. The van der Waals surface area contributed by atoms with Crippen molar-refractivity contribution in [3.05, 3.63) is 54.1 Å². The average Bonchev–Trinajstić information content (AvgIpc) is 2.47. The molecule has 0 unspecified atom stereocenters. The number of nitrogens with one attached hydrogen (secondary N) is 1. The maximum absolute atomic E-state index is 12.1. The van der Waals surface area contributed by atoms with E-state index >= 15 is 0 Å². The van der Waals surface area contributed by atoms with Crippen molar-refractivity contribution in [2.24, 2.45) is 5.73 Å². The minimum absolute atomic E-state index is 0. The van der Waals surface area contributed by atoms with Gasteiger partial charge in [0, 0.05) is 12.6 Å². The van der Waals surface area contributed by atoms with Crippen LogP contribution in [0.2, 0.25) is 0 Å². The van der Waals surface area contributed by atoms with Crippen molar-refractivity contribution in [3.8, 4) is 11.5 Å². The molecule has 0 heterocycles. The van der Waals surface area contributed by atoms with Crippen LogP contribution in [0, 0.1) is 6.92 Å². The molecule has 2 rings (SSSR count). The zero-order chi connectivity index (χ0) is 16.2. The smallest absolute Gasteiger partial charge is 0.240 e. The molecule has 0 spiro atoms.